The number of hydrogen-bond donors (Lipinski definition) is 2. The fourth-order valence-corrected chi connectivity index (χ4v) is 2.42. The second-order valence-electron chi connectivity index (χ2n) is 5.03. The van der Waals surface area contributed by atoms with Crippen LogP contribution in [0.4, 0.5) is 11.4 Å². The molecule has 110 valence electrons. The zero-order chi connectivity index (χ0) is 14.7. The number of anilines is 2. The highest BCUT2D eigenvalue weighted by molar-refractivity contribution is 5.97. The number of nitrogens with one attached hydrogen (secondary N) is 2. The molecule has 2 aromatic rings. The molecule has 0 saturated heterocycles. The van der Waals surface area contributed by atoms with Crippen molar-refractivity contribution in [2.75, 3.05) is 24.4 Å². The number of hydrogen-bond acceptors (Lipinski definition) is 4. The second kappa shape index (κ2) is 5.97. The SMILES string of the molecule is COCCn1cc(NC(=O)C2Cc3ccccc3N2)cn1. The fourth-order valence-electron chi connectivity index (χ4n) is 2.42. The first-order chi connectivity index (χ1) is 10.3. The molecule has 0 bridgehead atoms. The van der Waals surface area contributed by atoms with Gasteiger partial charge in [0, 0.05) is 25.4 Å². The molecule has 1 atom stereocenters. The number of aromatic nitrogens is 2. The van der Waals surface area contributed by atoms with Gasteiger partial charge in [-0.2, -0.15) is 5.10 Å². The van der Waals surface area contributed by atoms with E-state index in [4.69, 9.17) is 4.74 Å². The van der Waals surface area contributed by atoms with Crippen molar-refractivity contribution in [3.8, 4) is 0 Å². The van der Waals surface area contributed by atoms with Crippen molar-refractivity contribution in [3.05, 3.63) is 42.2 Å². The Kier molecular flexibility index (Phi) is 3.87. The summed E-state index contributed by atoms with van der Waals surface area (Å²) in [5, 5.41) is 10.3. The van der Waals surface area contributed by atoms with E-state index in [1.54, 1.807) is 24.2 Å². The molecule has 0 aliphatic carbocycles. The lowest BCUT2D eigenvalue weighted by Gasteiger charge is -2.10. The first-order valence-electron chi connectivity index (χ1n) is 6.93. The number of carbonyl (C=O) groups excluding carboxylic acids is 1. The van der Waals surface area contributed by atoms with Crippen LogP contribution < -0.4 is 10.6 Å². The average molecular weight is 286 g/mol. The number of carbonyl (C=O) groups is 1. The van der Waals surface area contributed by atoms with Gasteiger partial charge in [0.05, 0.1) is 25.0 Å². The van der Waals surface area contributed by atoms with Crippen molar-refractivity contribution in [3.63, 3.8) is 0 Å². The predicted molar refractivity (Wildman–Crippen MR) is 80.3 cm³/mol. The first kappa shape index (κ1) is 13.6. The lowest BCUT2D eigenvalue weighted by Crippen LogP contribution is -2.32. The maximum absolute atomic E-state index is 12.3. The molecule has 21 heavy (non-hydrogen) atoms. The van der Waals surface area contributed by atoms with E-state index in [1.165, 1.54) is 5.56 Å². The third kappa shape index (κ3) is 3.05. The molecule has 1 amide bonds. The Morgan fingerprint density at radius 1 is 1.52 bits per heavy atom. The minimum atomic E-state index is -0.232. The molecule has 2 heterocycles. The lowest BCUT2D eigenvalue weighted by atomic mass is 10.1. The van der Waals surface area contributed by atoms with Crippen LogP contribution in [0.5, 0.6) is 0 Å². The highest BCUT2D eigenvalue weighted by Crippen LogP contribution is 2.25. The smallest absolute Gasteiger partial charge is 0.247 e. The highest BCUT2D eigenvalue weighted by Gasteiger charge is 2.26. The van der Waals surface area contributed by atoms with Crippen LogP contribution in [-0.2, 0) is 22.5 Å². The molecule has 1 aliphatic rings. The maximum Gasteiger partial charge on any atom is 0.247 e. The van der Waals surface area contributed by atoms with Gasteiger partial charge in [-0.15, -0.1) is 0 Å². The second-order valence-corrected chi connectivity index (χ2v) is 5.03. The van der Waals surface area contributed by atoms with Crippen LogP contribution in [0.2, 0.25) is 0 Å². The summed E-state index contributed by atoms with van der Waals surface area (Å²) in [5.74, 6) is -0.0440. The van der Waals surface area contributed by atoms with E-state index in [-0.39, 0.29) is 11.9 Å². The van der Waals surface area contributed by atoms with E-state index in [2.05, 4.69) is 15.7 Å². The molecular weight excluding hydrogens is 268 g/mol. The monoisotopic (exact) mass is 286 g/mol. The van der Waals surface area contributed by atoms with Crippen molar-refractivity contribution < 1.29 is 9.53 Å². The van der Waals surface area contributed by atoms with Gasteiger partial charge in [0.15, 0.2) is 0 Å². The van der Waals surface area contributed by atoms with Gasteiger partial charge in [0.25, 0.3) is 0 Å². The number of fused-ring (bicyclic) bond motifs is 1. The number of methoxy groups -OCH3 is 1. The van der Waals surface area contributed by atoms with Crippen LogP contribution in [0.15, 0.2) is 36.7 Å². The molecule has 1 aromatic heterocycles. The molecule has 0 saturated carbocycles. The molecule has 0 radical (unpaired) electrons. The number of rotatable bonds is 5. The van der Waals surface area contributed by atoms with Crippen LogP contribution in [0.1, 0.15) is 5.56 Å². The van der Waals surface area contributed by atoms with Gasteiger partial charge >= 0.3 is 0 Å². The van der Waals surface area contributed by atoms with Crippen LogP contribution >= 0.6 is 0 Å². The number of para-hydroxylation sites is 1. The molecule has 0 fully saturated rings. The molecule has 1 unspecified atom stereocenters. The Labute approximate surface area is 123 Å². The van der Waals surface area contributed by atoms with Gasteiger partial charge in [0.2, 0.25) is 5.91 Å². The van der Waals surface area contributed by atoms with E-state index in [9.17, 15) is 4.79 Å². The summed E-state index contributed by atoms with van der Waals surface area (Å²) in [6, 6.07) is 7.75. The van der Waals surface area contributed by atoms with Crippen molar-refractivity contribution in [2.45, 2.75) is 19.0 Å². The topological polar surface area (TPSA) is 68.2 Å². The fraction of sp³-hybridized carbons (Fsp3) is 0.333. The third-order valence-corrected chi connectivity index (χ3v) is 3.51. The quantitative estimate of drug-likeness (QED) is 0.874. The van der Waals surface area contributed by atoms with E-state index >= 15 is 0 Å². The Morgan fingerprint density at radius 3 is 3.19 bits per heavy atom. The van der Waals surface area contributed by atoms with E-state index in [0.29, 0.717) is 25.3 Å². The number of nitrogens with zero attached hydrogens (tertiary/aromatic N) is 2. The summed E-state index contributed by atoms with van der Waals surface area (Å²) >= 11 is 0. The van der Waals surface area contributed by atoms with Crippen LogP contribution in [0.25, 0.3) is 0 Å². The molecule has 2 N–H and O–H groups in total. The summed E-state index contributed by atoms with van der Waals surface area (Å²) < 4.78 is 6.74. The standard InChI is InChI=1S/C15H18N4O2/c1-21-7-6-19-10-12(9-16-19)17-15(20)14-8-11-4-2-3-5-13(11)18-14/h2-5,9-10,14,18H,6-8H2,1H3,(H,17,20). The Bertz CT molecular complexity index is 613. The molecule has 1 aliphatic heterocycles. The van der Waals surface area contributed by atoms with Gasteiger partial charge in [-0.25, -0.2) is 0 Å². The van der Waals surface area contributed by atoms with Gasteiger partial charge in [-0.1, -0.05) is 18.2 Å². The van der Waals surface area contributed by atoms with Crippen LogP contribution in [0, 0.1) is 0 Å². The van der Waals surface area contributed by atoms with Crippen LogP contribution in [0.3, 0.4) is 0 Å². The van der Waals surface area contributed by atoms with Crippen molar-refractivity contribution in [1.29, 1.82) is 0 Å². The van der Waals surface area contributed by atoms with Crippen LogP contribution in [-0.4, -0.2) is 35.4 Å². The number of ether oxygens (including phenoxy) is 1. The summed E-state index contributed by atoms with van der Waals surface area (Å²) in [6.45, 7) is 1.26. The summed E-state index contributed by atoms with van der Waals surface area (Å²) in [4.78, 5) is 12.3. The van der Waals surface area contributed by atoms with Gasteiger partial charge in [0.1, 0.15) is 6.04 Å². The first-order valence-corrected chi connectivity index (χ1v) is 6.93. The average Bonchev–Trinajstić information content (AvgIpc) is 3.11. The van der Waals surface area contributed by atoms with E-state index in [1.807, 2.05) is 24.3 Å². The molecule has 0 spiro atoms. The Hall–Kier alpha value is -2.34. The molecule has 6 nitrogen and oxygen atoms in total. The number of benzene rings is 1. The predicted octanol–water partition coefficient (Wildman–Crippen LogP) is 1.50. The van der Waals surface area contributed by atoms with Crippen molar-refractivity contribution in [1.82, 2.24) is 9.78 Å². The minimum Gasteiger partial charge on any atom is -0.383 e. The zero-order valence-corrected chi connectivity index (χ0v) is 11.9. The highest BCUT2D eigenvalue weighted by atomic mass is 16.5. The van der Waals surface area contributed by atoms with Gasteiger partial charge in [-0.3, -0.25) is 9.48 Å². The van der Waals surface area contributed by atoms with E-state index < -0.39 is 0 Å². The molecule has 1 aromatic carbocycles. The molecule has 3 rings (SSSR count). The summed E-state index contributed by atoms with van der Waals surface area (Å²) in [5.41, 5.74) is 2.91. The third-order valence-electron chi connectivity index (χ3n) is 3.51. The number of amides is 1. The molecule has 6 heteroatoms. The summed E-state index contributed by atoms with van der Waals surface area (Å²) in [6.07, 6.45) is 4.16. The van der Waals surface area contributed by atoms with Crippen molar-refractivity contribution >= 4 is 17.3 Å². The van der Waals surface area contributed by atoms with E-state index in [0.717, 1.165) is 5.69 Å². The lowest BCUT2D eigenvalue weighted by molar-refractivity contribution is -0.116. The summed E-state index contributed by atoms with van der Waals surface area (Å²) in [7, 11) is 1.65. The maximum atomic E-state index is 12.3. The Balaban J connectivity index is 1.59. The van der Waals surface area contributed by atoms with Gasteiger partial charge in [-0.05, 0) is 11.6 Å². The van der Waals surface area contributed by atoms with Crippen molar-refractivity contribution in [2.24, 2.45) is 0 Å². The normalized spacial score (nSPS) is 16.3. The minimum absolute atomic E-state index is 0.0440. The van der Waals surface area contributed by atoms with Gasteiger partial charge < -0.3 is 15.4 Å². The molecular formula is C15H18N4O2. The zero-order valence-electron chi connectivity index (χ0n) is 11.9. The Morgan fingerprint density at radius 2 is 2.38 bits per heavy atom. The largest absolute Gasteiger partial charge is 0.383 e.